The van der Waals surface area contributed by atoms with Gasteiger partial charge >= 0.3 is 5.97 Å². The van der Waals surface area contributed by atoms with Gasteiger partial charge in [0.15, 0.2) is 0 Å². The standard InChI is InChI=1S/C17H33NO5S/c1-16(2)17(19)23-14-10-8-6-5-7-9-12-18(3,4)13-11-15-24(20,21)22/h1,5-15H2,2-4H3/p+1. The van der Waals surface area contributed by atoms with Crippen LogP contribution in [0.25, 0.3) is 0 Å². The van der Waals surface area contributed by atoms with Gasteiger partial charge in [-0.05, 0) is 26.2 Å². The molecule has 0 saturated carbocycles. The van der Waals surface area contributed by atoms with Gasteiger partial charge in [0, 0.05) is 12.0 Å². The van der Waals surface area contributed by atoms with Crippen LogP contribution in [0.2, 0.25) is 0 Å². The molecule has 0 fully saturated rings. The van der Waals surface area contributed by atoms with E-state index in [0.29, 0.717) is 18.6 Å². The lowest BCUT2D eigenvalue weighted by Gasteiger charge is -2.29. The summed E-state index contributed by atoms with van der Waals surface area (Å²) in [5.41, 5.74) is 0.437. The van der Waals surface area contributed by atoms with Gasteiger partial charge in [0.1, 0.15) is 0 Å². The van der Waals surface area contributed by atoms with Crippen molar-refractivity contribution in [2.45, 2.75) is 51.9 Å². The van der Waals surface area contributed by atoms with Crippen LogP contribution in [0.3, 0.4) is 0 Å². The fourth-order valence-electron chi connectivity index (χ4n) is 2.42. The number of hydrogen-bond donors (Lipinski definition) is 1. The minimum atomic E-state index is -3.84. The van der Waals surface area contributed by atoms with Crippen molar-refractivity contribution in [2.75, 3.05) is 39.5 Å². The molecule has 0 aliphatic rings. The van der Waals surface area contributed by atoms with Gasteiger partial charge in [-0.1, -0.05) is 25.8 Å². The van der Waals surface area contributed by atoms with E-state index in [2.05, 4.69) is 20.7 Å². The second-order valence-corrected chi connectivity index (χ2v) is 8.63. The summed E-state index contributed by atoms with van der Waals surface area (Å²) < 4.78 is 36.0. The van der Waals surface area contributed by atoms with E-state index in [1.54, 1.807) is 6.92 Å². The van der Waals surface area contributed by atoms with Crippen LogP contribution in [-0.2, 0) is 19.6 Å². The van der Waals surface area contributed by atoms with Gasteiger partial charge in [0.25, 0.3) is 10.1 Å². The van der Waals surface area contributed by atoms with E-state index in [4.69, 9.17) is 9.29 Å². The first-order chi connectivity index (χ1) is 11.0. The van der Waals surface area contributed by atoms with E-state index in [0.717, 1.165) is 56.1 Å². The smallest absolute Gasteiger partial charge is 0.333 e. The monoisotopic (exact) mass is 364 g/mol. The molecule has 7 heteroatoms. The van der Waals surface area contributed by atoms with Crippen molar-refractivity contribution in [3.63, 3.8) is 0 Å². The van der Waals surface area contributed by atoms with E-state index < -0.39 is 10.1 Å². The van der Waals surface area contributed by atoms with E-state index in [1.165, 1.54) is 0 Å². The van der Waals surface area contributed by atoms with Crippen molar-refractivity contribution in [2.24, 2.45) is 0 Å². The molecule has 0 aromatic heterocycles. The van der Waals surface area contributed by atoms with Crippen molar-refractivity contribution in [1.29, 1.82) is 0 Å². The third kappa shape index (κ3) is 14.7. The summed E-state index contributed by atoms with van der Waals surface area (Å²) in [5.74, 6) is -0.478. The molecule has 0 unspecified atom stereocenters. The number of quaternary nitrogens is 1. The number of unbranched alkanes of at least 4 members (excludes halogenated alkanes) is 5. The summed E-state index contributed by atoms with van der Waals surface area (Å²) in [7, 11) is 0.323. The zero-order chi connectivity index (χ0) is 18.6. The summed E-state index contributed by atoms with van der Waals surface area (Å²) in [6.07, 6.45) is 6.94. The molecule has 142 valence electrons. The maximum absolute atomic E-state index is 11.2. The number of ether oxygens (including phenoxy) is 1. The molecule has 24 heavy (non-hydrogen) atoms. The quantitative estimate of drug-likeness (QED) is 0.168. The summed E-state index contributed by atoms with van der Waals surface area (Å²) in [6, 6.07) is 0. The molecule has 0 spiro atoms. The van der Waals surface area contributed by atoms with Gasteiger partial charge < -0.3 is 9.22 Å². The van der Waals surface area contributed by atoms with Crippen LogP contribution in [0.15, 0.2) is 12.2 Å². The number of esters is 1. The molecule has 0 saturated heterocycles. The second kappa shape index (κ2) is 11.6. The minimum absolute atomic E-state index is 0.162. The van der Waals surface area contributed by atoms with Crippen molar-refractivity contribution >= 4 is 16.1 Å². The highest BCUT2D eigenvalue weighted by Crippen LogP contribution is 2.09. The summed E-state index contributed by atoms with van der Waals surface area (Å²) in [6.45, 7) is 7.39. The Morgan fingerprint density at radius 2 is 1.50 bits per heavy atom. The third-order valence-corrected chi connectivity index (χ3v) is 4.71. The number of carbonyl (C=O) groups excluding carboxylic acids is 1. The molecule has 0 rings (SSSR count). The molecule has 0 aromatic rings. The Balaban J connectivity index is 3.54. The van der Waals surface area contributed by atoms with E-state index >= 15 is 0 Å². The molecular formula is C17H34NO5S+. The fraction of sp³-hybridized carbons (Fsp3) is 0.824. The van der Waals surface area contributed by atoms with E-state index in [1.807, 2.05) is 0 Å². The topological polar surface area (TPSA) is 80.7 Å². The van der Waals surface area contributed by atoms with E-state index in [9.17, 15) is 13.2 Å². The molecule has 0 aliphatic heterocycles. The third-order valence-electron chi connectivity index (χ3n) is 3.91. The lowest BCUT2D eigenvalue weighted by molar-refractivity contribution is -0.890. The Morgan fingerprint density at radius 1 is 1.00 bits per heavy atom. The number of rotatable bonds is 14. The van der Waals surface area contributed by atoms with E-state index in [-0.39, 0.29) is 11.7 Å². The molecule has 6 nitrogen and oxygen atoms in total. The highest BCUT2D eigenvalue weighted by atomic mass is 32.2. The van der Waals surface area contributed by atoms with Crippen LogP contribution >= 0.6 is 0 Å². The van der Waals surface area contributed by atoms with Crippen LogP contribution in [-0.4, -0.2) is 63.0 Å². The minimum Gasteiger partial charge on any atom is -0.462 e. The summed E-state index contributed by atoms with van der Waals surface area (Å²) in [4.78, 5) is 11.2. The van der Waals surface area contributed by atoms with Crippen LogP contribution in [0.4, 0.5) is 0 Å². The highest BCUT2D eigenvalue weighted by Gasteiger charge is 2.16. The lowest BCUT2D eigenvalue weighted by Crippen LogP contribution is -2.41. The molecule has 0 aromatic carbocycles. The van der Waals surface area contributed by atoms with Crippen molar-refractivity contribution in [1.82, 2.24) is 0 Å². The molecule has 0 radical (unpaired) electrons. The Morgan fingerprint density at radius 3 is 2.04 bits per heavy atom. The average Bonchev–Trinajstić information content (AvgIpc) is 2.43. The zero-order valence-corrected chi connectivity index (χ0v) is 16.2. The van der Waals surface area contributed by atoms with Gasteiger partial charge in [-0.2, -0.15) is 8.42 Å². The molecule has 0 amide bonds. The maximum atomic E-state index is 11.2. The maximum Gasteiger partial charge on any atom is 0.333 e. The van der Waals surface area contributed by atoms with Crippen molar-refractivity contribution in [3.05, 3.63) is 12.2 Å². The lowest BCUT2D eigenvalue weighted by atomic mass is 10.1. The summed E-state index contributed by atoms with van der Waals surface area (Å²) >= 11 is 0. The largest absolute Gasteiger partial charge is 0.462 e. The molecular weight excluding hydrogens is 330 g/mol. The van der Waals surface area contributed by atoms with Crippen LogP contribution in [0.5, 0.6) is 0 Å². The number of hydrogen-bond acceptors (Lipinski definition) is 4. The SMILES string of the molecule is C=C(C)C(=O)OCCCCCCCC[N+](C)(C)CCCS(=O)(=O)O. The van der Waals surface area contributed by atoms with Gasteiger partial charge in [-0.3, -0.25) is 4.55 Å². The first-order valence-corrected chi connectivity index (χ1v) is 10.2. The zero-order valence-electron chi connectivity index (χ0n) is 15.4. The molecule has 0 aliphatic carbocycles. The van der Waals surface area contributed by atoms with Crippen LogP contribution in [0, 0.1) is 0 Å². The number of nitrogens with zero attached hydrogens (tertiary/aromatic N) is 1. The van der Waals surface area contributed by atoms with Crippen molar-refractivity contribution in [3.8, 4) is 0 Å². The molecule has 0 heterocycles. The van der Waals surface area contributed by atoms with Gasteiger partial charge in [0.2, 0.25) is 0 Å². The normalized spacial score (nSPS) is 12.2. The molecule has 0 bridgehead atoms. The number of carbonyl (C=O) groups is 1. The Bertz CT molecular complexity index is 485. The van der Waals surface area contributed by atoms with Gasteiger partial charge in [0.05, 0.1) is 39.5 Å². The predicted molar refractivity (Wildman–Crippen MR) is 96.4 cm³/mol. The molecule has 0 atom stereocenters. The second-order valence-electron chi connectivity index (χ2n) is 7.06. The fourth-order valence-corrected chi connectivity index (χ4v) is 2.92. The van der Waals surface area contributed by atoms with Crippen LogP contribution in [0.1, 0.15) is 51.9 Å². The Labute approximate surface area is 147 Å². The average molecular weight is 365 g/mol. The first kappa shape index (κ1) is 23.1. The van der Waals surface area contributed by atoms with Gasteiger partial charge in [-0.25, -0.2) is 4.79 Å². The Hall–Kier alpha value is -0.920. The van der Waals surface area contributed by atoms with Crippen molar-refractivity contribution < 1.29 is 27.0 Å². The summed E-state index contributed by atoms with van der Waals surface area (Å²) in [5, 5.41) is 0. The van der Waals surface area contributed by atoms with Gasteiger partial charge in [-0.15, -0.1) is 0 Å². The highest BCUT2D eigenvalue weighted by molar-refractivity contribution is 7.85. The molecule has 1 N–H and O–H groups in total. The van der Waals surface area contributed by atoms with Crippen LogP contribution < -0.4 is 0 Å². The Kier molecular flexibility index (Phi) is 11.2. The predicted octanol–water partition coefficient (Wildman–Crippen LogP) is 2.80. The first-order valence-electron chi connectivity index (χ1n) is 8.63.